The molecule has 0 aromatic heterocycles. The molecule has 0 amide bonds. The molecule has 21 heavy (non-hydrogen) atoms. The van der Waals surface area contributed by atoms with Gasteiger partial charge in [-0.05, 0) is 31.0 Å². The van der Waals surface area contributed by atoms with Crippen LogP contribution >= 0.6 is 0 Å². The van der Waals surface area contributed by atoms with E-state index in [0.29, 0.717) is 17.9 Å². The second-order valence-electron chi connectivity index (χ2n) is 4.77. The molecule has 0 saturated heterocycles. The van der Waals surface area contributed by atoms with E-state index in [1.54, 1.807) is 12.1 Å². The zero-order valence-electron chi connectivity index (χ0n) is 12.2. The largest absolute Gasteiger partial charge is 0.495 e. The average molecular weight is 309 g/mol. The molecule has 1 N–H and O–H groups in total. The molecule has 6 heteroatoms. The third-order valence-electron chi connectivity index (χ3n) is 3.33. The maximum atomic E-state index is 12.8. The Morgan fingerprint density at radius 3 is 2.67 bits per heavy atom. The molecule has 2 rings (SSSR count). The molecule has 114 valence electrons. The van der Waals surface area contributed by atoms with Crippen molar-refractivity contribution in [2.24, 2.45) is 0 Å². The molecule has 0 aliphatic heterocycles. The highest BCUT2D eigenvalue weighted by Gasteiger charge is 2.38. The first-order valence-electron chi connectivity index (χ1n) is 6.84. The monoisotopic (exact) mass is 309 g/mol. The molecule has 1 saturated carbocycles. The Hall–Kier alpha value is -1.55. The summed E-state index contributed by atoms with van der Waals surface area (Å²) >= 11 is 0. The van der Waals surface area contributed by atoms with Crippen molar-refractivity contribution < 1.29 is 18.3 Å². The summed E-state index contributed by atoms with van der Waals surface area (Å²) < 4.78 is 32.3. The van der Waals surface area contributed by atoms with E-state index in [4.69, 9.17) is 9.84 Å². The lowest BCUT2D eigenvalue weighted by Gasteiger charge is -2.21. The van der Waals surface area contributed by atoms with Crippen molar-refractivity contribution in [1.82, 2.24) is 4.31 Å². The number of ether oxygens (including phenoxy) is 1. The van der Waals surface area contributed by atoms with Gasteiger partial charge in [-0.3, -0.25) is 0 Å². The van der Waals surface area contributed by atoms with Crippen LogP contribution in [0.5, 0.6) is 5.75 Å². The van der Waals surface area contributed by atoms with E-state index in [0.717, 1.165) is 12.8 Å². The number of methoxy groups -OCH3 is 1. The van der Waals surface area contributed by atoms with Crippen molar-refractivity contribution in [2.45, 2.75) is 30.7 Å². The zero-order valence-corrected chi connectivity index (χ0v) is 13.0. The van der Waals surface area contributed by atoms with E-state index in [1.165, 1.54) is 17.5 Å². The summed E-state index contributed by atoms with van der Waals surface area (Å²) in [6, 6.07) is 4.86. The fraction of sp³-hybridized carbons (Fsp3) is 0.467. The minimum absolute atomic E-state index is 0.0943. The molecule has 0 radical (unpaired) electrons. The van der Waals surface area contributed by atoms with Crippen molar-refractivity contribution in [3.05, 3.63) is 23.8 Å². The Balaban J connectivity index is 2.48. The zero-order chi connectivity index (χ0) is 15.5. The molecule has 1 aromatic rings. The van der Waals surface area contributed by atoms with Gasteiger partial charge in [-0.15, -0.1) is 0 Å². The SMILES string of the molecule is CCN(C1CC1)S(=O)(=O)c1cc(C#CCO)ccc1OC. The maximum Gasteiger partial charge on any atom is 0.247 e. The molecule has 1 aromatic carbocycles. The van der Waals surface area contributed by atoms with Crippen LogP contribution in [-0.4, -0.2) is 44.1 Å². The van der Waals surface area contributed by atoms with Gasteiger partial charge in [0.15, 0.2) is 0 Å². The lowest BCUT2D eigenvalue weighted by atomic mass is 10.2. The summed E-state index contributed by atoms with van der Waals surface area (Å²) in [6.07, 6.45) is 1.80. The number of hydrogen-bond donors (Lipinski definition) is 1. The minimum Gasteiger partial charge on any atom is -0.495 e. The van der Waals surface area contributed by atoms with Gasteiger partial charge in [0, 0.05) is 18.2 Å². The molecule has 5 nitrogen and oxygen atoms in total. The van der Waals surface area contributed by atoms with E-state index in [-0.39, 0.29) is 17.5 Å². The predicted octanol–water partition coefficient (Wildman–Crippen LogP) is 1.21. The van der Waals surface area contributed by atoms with Gasteiger partial charge in [-0.2, -0.15) is 4.31 Å². The van der Waals surface area contributed by atoms with Gasteiger partial charge in [0.25, 0.3) is 0 Å². The van der Waals surface area contributed by atoms with Gasteiger partial charge < -0.3 is 9.84 Å². The number of benzene rings is 1. The smallest absolute Gasteiger partial charge is 0.247 e. The van der Waals surface area contributed by atoms with Crippen molar-refractivity contribution >= 4 is 10.0 Å². The number of hydrogen-bond acceptors (Lipinski definition) is 4. The predicted molar refractivity (Wildman–Crippen MR) is 79.5 cm³/mol. The first-order valence-corrected chi connectivity index (χ1v) is 8.28. The number of sulfonamides is 1. The van der Waals surface area contributed by atoms with Crippen LogP contribution in [0.25, 0.3) is 0 Å². The maximum absolute atomic E-state index is 12.8. The summed E-state index contributed by atoms with van der Waals surface area (Å²) in [6.45, 7) is 2.00. The van der Waals surface area contributed by atoms with Gasteiger partial charge in [0.2, 0.25) is 10.0 Å². The lowest BCUT2D eigenvalue weighted by molar-refractivity contribution is 0.350. The Bertz CT molecular complexity index is 669. The standard InChI is InChI=1S/C15H19NO4S/c1-3-16(13-7-8-13)21(18,19)15-11-12(5-4-10-17)6-9-14(15)20-2/h6,9,11,13,17H,3,7-8,10H2,1-2H3. The summed E-state index contributed by atoms with van der Waals surface area (Å²) in [5.41, 5.74) is 0.537. The van der Waals surface area contributed by atoms with Gasteiger partial charge >= 0.3 is 0 Å². The van der Waals surface area contributed by atoms with E-state index in [9.17, 15) is 8.42 Å². The molecular weight excluding hydrogens is 290 g/mol. The van der Waals surface area contributed by atoms with Crippen LogP contribution in [0.4, 0.5) is 0 Å². The van der Waals surface area contributed by atoms with Gasteiger partial charge in [-0.1, -0.05) is 18.8 Å². The molecule has 1 aliphatic rings. The third kappa shape index (κ3) is 3.38. The highest BCUT2D eigenvalue weighted by molar-refractivity contribution is 7.89. The summed E-state index contributed by atoms with van der Waals surface area (Å²) in [4.78, 5) is 0.128. The molecule has 0 unspecified atom stereocenters. The van der Waals surface area contributed by atoms with E-state index >= 15 is 0 Å². The number of rotatable bonds is 5. The Morgan fingerprint density at radius 1 is 1.43 bits per heavy atom. The van der Waals surface area contributed by atoms with Crippen LogP contribution in [0.2, 0.25) is 0 Å². The van der Waals surface area contributed by atoms with E-state index < -0.39 is 10.0 Å². The number of aliphatic hydroxyl groups is 1. The first kappa shape index (κ1) is 15.8. The quantitative estimate of drug-likeness (QED) is 0.830. The van der Waals surface area contributed by atoms with Crippen LogP contribution in [0.15, 0.2) is 23.1 Å². The summed E-state index contributed by atoms with van der Waals surface area (Å²) in [7, 11) is -2.15. The molecule has 0 bridgehead atoms. The Kier molecular flexibility index (Phi) is 4.88. The van der Waals surface area contributed by atoms with Crippen molar-refractivity contribution in [2.75, 3.05) is 20.3 Å². The van der Waals surface area contributed by atoms with Crippen molar-refractivity contribution in [3.63, 3.8) is 0 Å². The molecule has 1 aliphatic carbocycles. The molecule has 1 fully saturated rings. The van der Waals surface area contributed by atoms with E-state index in [2.05, 4.69) is 11.8 Å². The fourth-order valence-corrected chi connectivity index (χ4v) is 4.09. The third-order valence-corrected chi connectivity index (χ3v) is 5.38. The summed E-state index contributed by atoms with van der Waals surface area (Å²) in [5.74, 6) is 5.55. The Morgan fingerprint density at radius 2 is 2.14 bits per heavy atom. The molecule has 0 heterocycles. The average Bonchev–Trinajstić information content (AvgIpc) is 3.30. The van der Waals surface area contributed by atoms with Crippen LogP contribution in [0.3, 0.4) is 0 Å². The normalized spacial score (nSPS) is 14.7. The number of nitrogens with zero attached hydrogens (tertiary/aromatic N) is 1. The molecule has 0 spiro atoms. The second-order valence-corrected chi connectivity index (χ2v) is 6.62. The highest BCUT2D eigenvalue weighted by atomic mass is 32.2. The van der Waals surface area contributed by atoms with Gasteiger partial charge in [-0.25, -0.2) is 8.42 Å². The Labute approximate surface area is 125 Å². The molecule has 0 atom stereocenters. The van der Waals surface area contributed by atoms with Crippen molar-refractivity contribution in [1.29, 1.82) is 0 Å². The van der Waals surface area contributed by atoms with Crippen LogP contribution in [0, 0.1) is 11.8 Å². The first-order chi connectivity index (χ1) is 10.0. The lowest BCUT2D eigenvalue weighted by Crippen LogP contribution is -2.33. The minimum atomic E-state index is -3.60. The topological polar surface area (TPSA) is 66.8 Å². The highest BCUT2D eigenvalue weighted by Crippen LogP contribution is 2.35. The second kappa shape index (κ2) is 6.48. The van der Waals surface area contributed by atoms with Gasteiger partial charge in [0.1, 0.15) is 17.3 Å². The van der Waals surface area contributed by atoms with Gasteiger partial charge in [0.05, 0.1) is 7.11 Å². The summed E-state index contributed by atoms with van der Waals surface area (Å²) in [5, 5.41) is 8.74. The molecular formula is C15H19NO4S. The van der Waals surface area contributed by atoms with Crippen LogP contribution in [0.1, 0.15) is 25.3 Å². The van der Waals surface area contributed by atoms with Crippen molar-refractivity contribution in [3.8, 4) is 17.6 Å². The number of aliphatic hydroxyl groups excluding tert-OH is 1. The van der Waals surface area contributed by atoms with E-state index in [1.807, 2.05) is 6.92 Å². The van der Waals surface area contributed by atoms with Crippen LogP contribution < -0.4 is 4.74 Å². The fourth-order valence-electron chi connectivity index (χ4n) is 2.21. The van der Waals surface area contributed by atoms with Crippen LogP contribution in [-0.2, 0) is 10.0 Å².